The van der Waals surface area contributed by atoms with Gasteiger partial charge in [-0.15, -0.1) is 0 Å². The van der Waals surface area contributed by atoms with Gasteiger partial charge in [0.2, 0.25) is 0 Å². The molecule has 1 saturated heterocycles. The molecule has 2 aliphatic rings. The smallest absolute Gasteiger partial charge is 0.265 e. The second kappa shape index (κ2) is 11.1. The molecule has 5 aromatic rings. The molecule has 1 fully saturated rings. The number of carbonyl (C=O) groups is 2. The molecule has 1 aromatic heterocycles. The molecule has 0 aliphatic carbocycles. The zero-order valence-electron chi connectivity index (χ0n) is 23.0. The lowest BCUT2D eigenvalue weighted by Gasteiger charge is -2.34. The number of amides is 2. The lowest BCUT2D eigenvalue weighted by atomic mass is 10.1. The predicted octanol–water partition coefficient (Wildman–Crippen LogP) is 4.60. The van der Waals surface area contributed by atoms with E-state index >= 15 is 0 Å². The fraction of sp³-hybridized carbons (Fsp3) is 0.182. The van der Waals surface area contributed by atoms with E-state index in [0.717, 1.165) is 72.3 Å². The number of nitrogens with zero attached hydrogens (tertiary/aromatic N) is 4. The maximum absolute atomic E-state index is 13.0. The third-order valence-electron chi connectivity index (χ3n) is 7.77. The second-order valence-electron chi connectivity index (χ2n) is 10.4. The van der Waals surface area contributed by atoms with E-state index in [2.05, 4.69) is 20.2 Å². The zero-order chi connectivity index (χ0) is 28.5. The molecule has 0 spiro atoms. The largest absolute Gasteiger partial charge is 0.492 e. The van der Waals surface area contributed by atoms with Crippen molar-refractivity contribution < 1.29 is 14.3 Å². The minimum Gasteiger partial charge on any atom is -0.492 e. The van der Waals surface area contributed by atoms with Gasteiger partial charge in [0.15, 0.2) is 0 Å². The van der Waals surface area contributed by atoms with Gasteiger partial charge in [-0.1, -0.05) is 36.4 Å². The quantitative estimate of drug-likeness (QED) is 0.304. The van der Waals surface area contributed by atoms with E-state index in [1.165, 1.54) is 0 Å². The van der Waals surface area contributed by atoms with Gasteiger partial charge in [0.05, 0.1) is 28.0 Å². The Morgan fingerprint density at radius 2 is 1.62 bits per heavy atom. The third kappa shape index (κ3) is 5.00. The Bertz CT molecular complexity index is 1760. The lowest BCUT2D eigenvalue weighted by molar-refractivity contribution is 0.0590. The predicted molar refractivity (Wildman–Crippen MR) is 162 cm³/mol. The van der Waals surface area contributed by atoms with Gasteiger partial charge < -0.3 is 10.1 Å². The first-order valence-corrected chi connectivity index (χ1v) is 14.1. The summed E-state index contributed by atoms with van der Waals surface area (Å²) >= 11 is 0. The van der Waals surface area contributed by atoms with Crippen LogP contribution in [0, 0.1) is 0 Å². The summed E-state index contributed by atoms with van der Waals surface area (Å²) in [6, 6.07) is 30.7. The molecular weight excluding hydrogens is 528 g/mol. The summed E-state index contributed by atoms with van der Waals surface area (Å²) < 4.78 is 8.14. The number of imidazole rings is 1. The molecule has 2 aliphatic heterocycles. The molecule has 0 unspecified atom stereocenters. The highest BCUT2D eigenvalue weighted by molar-refractivity contribution is 6.14. The van der Waals surface area contributed by atoms with E-state index in [1.54, 1.807) is 0 Å². The van der Waals surface area contributed by atoms with Crippen molar-refractivity contribution in [2.75, 3.05) is 44.6 Å². The van der Waals surface area contributed by atoms with Crippen LogP contribution in [-0.2, 0) is 0 Å². The van der Waals surface area contributed by atoms with Crippen LogP contribution in [0.15, 0.2) is 97.1 Å². The van der Waals surface area contributed by atoms with E-state index in [-0.39, 0.29) is 11.8 Å². The molecule has 0 bridgehead atoms. The standard InChI is InChI=1S/C33H30N6O3/c40-32(24-7-2-1-3-8-24)36-38-19-17-37(18-20-38)21-22-42-25-15-13-23(14-16-25)31-34-28-11-6-9-26-30(28)39(31)29-12-5-4-10-27(29)35-33(26)41/h1-16H,17-22H2,(H,35,41)(H,36,40). The molecule has 2 amide bonds. The number of nitrogens with one attached hydrogen (secondary N) is 2. The fourth-order valence-corrected chi connectivity index (χ4v) is 5.58. The number of aromatic nitrogens is 2. The van der Waals surface area contributed by atoms with E-state index in [1.807, 2.05) is 102 Å². The van der Waals surface area contributed by atoms with Crippen LogP contribution in [-0.4, -0.2) is 70.6 Å². The first-order chi connectivity index (χ1) is 20.6. The molecule has 0 radical (unpaired) electrons. The van der Waals surface area contributed by atoms with Crippen LogP contribution in [0.2, 0.25) is 0 Å². The van der Waals surface area contributed by atoms with Gasteiger partial charge in [-0.25, -0.2) is 9.99 Å². The van der Waals surface area contributed by atoms with E-state index in [4.69, 9.17) is 9.72 Å². The Balaban J connectivity index is 0.993. The number of carbonyl (C=O) groups excluding carboxylic acids is 2. The maximum atomic E-state index is 13.0. The highest BCUT2D eigenvalue weighted by Gasteiger charge is 2.25. The van der Waals surface area contributed by atoms with Crippen LogP contribution >= 0.6 is 0 Å². The Morgan fingerprint density at radius 1 is 0.857 bits per heavy atom. The molecule has 9 heteroatoms. The number of para-hydroxylation sites is 3. The molecule has 9 nitrogen and oxygen atoms in total. The van der Waals surface area contributed by atoms with Crippen LogP contribution in [0.5, 0.6) is 5.75 Å². The SMILES string of the molecule is O=C(NN1CCN(CCOc2ccc(-c3nc4cccc5c4n3-c3ccccc3NC5=O)cc2)CC1)c1ccccc1. The Hall–Kier alpha value is -4.99. The van der Waals surface area contributed by atoms with Gasteiger partial charge in [0.25, 0.3) is 11.8 Å². The molecule has 42 heavy (non-hydrogen) atoms. The fourth-order valence-electron chi connectivity index (χ4n) is 5.58. The number of hydrogen-bond acceptors (Lipinski definition) is 6. The normalized spacial score (nSPS) is 15.1. The van der Waals surface area contributed by atoms with Gasteiger partial charge >= 0.3 is 0 Å². The third-order valence-corrected chi connectivity index (χ3v) is 7.77. The summed E-state index contributed by atoms with van der Waals surface area (Å²) in [5, 5.41) is 5.02. The van der Waals surface area contributed by atoms with Gasteiger partial charge in [-0.05, 0) is 60.7 Å². The van der Waals surface area contributed by atoms with Gasteiger partial charge in [-0.3, -0.25) is 24.5 Å². The summed E-state index contributed by atoms with van der Waals surface area (Å²) in [6.07, 6.45) is 0. The van der Waals surface area contributed by atoms with Crippen LogP contribution in [0.4, 0.5) is 5.69 Å². The summed E-state index contributed by atoms with van der Waals surface area (Å²) in [5.74, 6) is 1.34. The van der Waals surface area contributed by atoms with Crippen molar-refractivity contribution in [1.29, 1.82) is 0 Å². The summed E-state index contributed by atoms with van der Waals surface area (Å²) in [4.78, 5) is 32.7. The average molecular weight is 559 g/mol. The number of ether oxygens (including phenoxy) is 1. The lowest BCUT2D eigenvalue weighted by Crippen LogP contribution is -2.54. The van der Waals surface area contributed by atoms with E-state index in [9.17, 15) is 9.59 Å². The van der Waals surface area contributed by atoms with Gasteiger partial charge in [-0.2, -0.15) is 0 Å². The average Bonchev–Trinajstić information content (AvgIpc) is 3.36. The summed E-state index contributed by atoms with van der Waals surface area (Å²) in [5.41, 5.74) is 8.40. The molecule has 0 saturated carbocycles. The molecule has 3 heterocycles. The molecule has 0 atom stereocenters. The Morgan fingerprint density at radius 3 is 2.43 bits per heavy atom. The first-order valence-electron chi connectivity index (χ1n) is 14.1. The molecular formula is C33H30N6O3. The van der Waals surface area contributed by atoms with Gasteiger partial charge in [0.1, 0.15) is 18.2 Å². The number of fused-ring (bicyclic) bond motifs is 2. The van der Waals surface area contributed by atoms with Crippen molar-refractivity contribution in [3.8, 4) is 22.8 Å². The Labute approximate surface area is 243 Å². The van der Waals surface area contributed by atoms with Crippen molar-refractivity contribution in [1.82, 2.24) is 24.9 Å². The molecule has 4 aromatic carbocycles. The number of hydrogen-bond donors (Lipinski definition) is 2. The van der Waals surface area contributed by atoms with Crippen molar-refractivity contribution >= 4 is 28.5 Å². The summed E-state index contributed by atoms with van der Waals surface area (Å²) in [6.45, 7) is 4.61. The van der Waals surface area contributed by atoms with E-state index in [0.29, 0.717) is 17.7 Å². The molecule has 2 N–H and O–H groups in total. The van der Waals surface area contributed by atoms with Crippen molar-refractivity contribution in [3.05, 3.63) is 108 Å². The van der Waals surface area contributed by atoms with Gasteiger partial charge in [0, 0.05) is 43.9 Å². The van der Waals surface area contributed by atoms with Crippen LogP contribution in [0.1, 0.15) is 20.7 Å². The molecule has 210 valence electrons. The Kier molecular flexibility index (Phi) is 6.87. The van der Waals surface area contributed by atoms with Crippen LogP contribution in [0.25, 0.3) is 28.1 Å². The minimum absolute atomic E-state index is 0.0751. The highest BCUT2D eigenvalue weighted by Crippen LogP contribution is 2.36. The van der Waals surface area contributed by atoms with Crippen LogP contribution in [0.3, 0.4) is 0 Å². The monoisotopic (exact) mass is 558 g/mol. The second-order valence-corrected chi connectivity index (χ2v) is 10.4. The minimum atomic E-state index is -0.139. The number of rotatable bonds is 7. The summed E-state index contributed by atoms with van der Waals surface area (Å²) in [7, 11) is 0. The van der Waals surface area contributed by atoms with Crippen molar-refractivity contribution in [3.63, 3.8) is 0 Å². The molecule has 7 rings (SSSR count). The number of benzene rings is 4. The number of anilines is 1. The maximum Gasteiger partial charge on any atom is 0.265 e. The zero-order valence-corrected chi connectivity index (χ0v) is 23.0. The first kappa shape index (κ1) is 25.9. The highest BCUT2D eigenvalue weighted by atomic mass is 16.5. The van der Waals surface area contributed by atoms with E-state index < -0.39 is 0 Å². The topological polar surface area (TPSA) is 91.7 Å². The van der Waals surface area contributed by atoms with Crippen LogP contribution < -0.4 is 15.5 Å². The number of piperazine rings is 1. The van der Waals surface area contributed by atoms with Crippen molar-refractivity contribution in [2.24, 2.45) is 0 Å². The van der Waals surface area contributed by atoms with Crippen molar-refractivity contribution in [2.45, 2.75) is 0 Å². The number of hydrazine groups is 1.